The normalized spacial score (nSPS) is 12.7. The molecule has 0 saturated heterocycles. The molecule has 9 heteroatoms. The van der Waals surface area contributed by atoms with Crippen LogP contribution >= 0.6 is 26.6 Å². The third-order valence-corrected chi connectivity index (χ3v) is 6.67. The van der Waals surface area contributed by atoms with Gasteiger partial charge >= 0.3 is 0 Å². The van der Waals surface area contributed by atoms with E-state index in [4.69, 9.17) is 15.4 Å². The Morgan fingerprint density at radius 3 is 2.30 bits per heavy atom. The molecule has 0 heterocycles. The summed E-state index contributed by atoms with van der Waals surface area (Å²) < 4.78 is 51.2. The Kier molecular flexibility index (Phi) is 5.89. The highest BCUT2D eigenvalue weighted by molar-refractivity contribution is 9.10. The summed E-state index contributed by atoms with van der Waals surface area (Å²) in [5, 5.41) is -0.460. The fourth-order valence-electron chi connectivity index (χ4n) is 1.25. The number of hydrogen-bond donors (Lipinski definition) is 0. The van der Waals surface area contributed by atoms with Crippen molar-refractivity contribution in [3.63, 3.8) is 0 Å². The minimum Gasteiger partial charge on any atom is -0.491 e. The Bertz CT molecular complexity index is 683. The van der Waals surface area contributed by atoms with Gasteiger partial charge in [0.25, 0.3) is 9.05 Å². The van der Waals surface area contributed by atoms with Crippen molar-refractivity contribution in [2.75, 3.05) is 12.4 Å². The molecule has 0 aliphatic carbocycles. The zero-order chi connectivity index (χ0) is 15.6. The summed E-state index contributed by atoms with van der Waals surface area (Å²) in [4.78, 5) is -0.0619. The van der Waals surface area contributed by atoms with Gasteiger partial charge in [0, 0.05) is 10.7 Å². The minimum atomic E-state index is -3.81. The van der Waals surface area contributed by atoms with E-state index >= 15 is 0 Å². The van der Waals surface area contributed by atoms with Crippen LogP contribution in [-0.2, 0) is 18.9 Å². The number of ether oxygens (including phenoxy) is 1. The quantitative estimate of drug-likeness (QED) is 0.680. The van der Waals surface area contributed by atoms with E-state index in [2.05, 4.69) is 15.9 Å². The second-order valence-corrected chi connectivity index (χ2v) is 10.4. The first-order chi connectivity index (χ1) is 9.04. The summed E-state index contributed by atoms with van der Waals surface area (Å²) >= 11 is 3.15. The second-order valence-electron chi connectivity index (χ2n) is 4.29. The Labute approximate surface area is 131 Å². The van der Waals surface area contributed by atoms with E-state index in [1.807, 2.05) is 0 Å². The molecule has 0 bridgehead atoms. The largest absolute Gasteiger partial charge is 0.491 e. The summed E-state index contributed by atoms with van der Waals surface area (Å²) in [5.74, 6) is 0.250. The van der Waals surface area contributed by atoms with E-state index in [9.17, 15) is 16.8 Å². The number of benzene rings is 1. The molecule has 0 fully saturated rings. The van der Waals surface area contributed by atoms with Crippen LogP contribution in [0.2, 0.25) is 0 Å². The lowest BCUT2D eigenvalue weighted by Crippen LogP contribution is -2.22. The number of rotatable bonds is 6. The van der Waals surface area contributed by atoms with Crippen molar-refractivity contribution in [3.05, 3.63) is 22.7 Å². The van der Waals surface area contributed by atoms with Crippen molar-refractivity contribution in [1.29, 1.82) is 0 Å². The fraction of sp³-hybridized carbons (Fsp3) is 0.455. The van der Waals surface area contributed by atoms with E-state index in [0.29, 0.717) is 10.2 Å². The summed E-state index contributed by atoms with van der Waals surface area (Å²) in [7, 11) is -1.76. The minimum absolute atomic E-state index is 0.00785. The summed E-state index contributed by atoms with van der Waals surface area (Å²) in [6, 6.07) is 4.01. The third kappa shape index (κ3) is 4.91. The highest BCUT2D eigenvalue weighted by Crippen LogP contribution is 2.29. The smallest absolute Gasteiger partial charge is 0.261 e. The molecule has 0 aliphatic rings. The van der Waals surface area contributed by atoms with Gasteiger partial charge < -0.3 is 4.74 Å². The lowest BCUT2D eigenvalue weighted by Gasteiger charge is -2.11. The van der Waals surface area contributed by atoms with Crippen LogP contribution in [0.1, 0.15) is 13.8 Å². The van der Waals surface area contributed by atoms with Crippen LogP contribution in [-0.4, -0.2) is 34.4 Å². The lowest BCUT2D eigenvalue weighted by atomic mass is 10.3. The van der Waals surface area contributed by atoms with Gasteiger partial charge in [-0.15, -0.1) is 0 Å². The summed E-state index contributed by atoms with van der Waals surface area (Å²) in [5.41, 5.74) is 0. The molecule has 0 aliphatic heterocycles. The average Bonchev–Trinajstić information content (AvgIpc) is 2.29. The Morgan fingerprint density at radius 1 is 1.25 bits per heavy atom. The molecule has 20 heavy (non-hydrogen) atoms. The van der Waals surface area contributed by atoms with Crippen molar-refractivity contribution in [2.24, 2.45) is 0 Å². The van der Waals surface area contributed by atoms with Gasteiger partial charge in [-0.3, -0.25) is 0 Å². The summed E-state index contributed by atoms with van der Waals surface area (Å²) in [6.45, 7) is 3.20. The predicted octanol–water partition coefficient (Wildman–Crippen LogP) is 2.58. The molecule has 114 valence electrons. The first-order valence-corrected chi connectivity index (χ1v) is 10.4. The number of sulfone groups is 1. The van der Waals surface area contributed by atoms with Gasteiger partial charge in [0.2, 0.25) is 0 Å². The number of hydrogen-bond acceptors (Lipinski definition) is 5. The molecule has 0 saturated carbocycles. The Morgan fingerprint density at radius 2 is 1.85 bits per heavy atom. The lowest BCUT2D eigenvalue weighted by molar-refractivity contribution is 0.338. The van der Waals surface area contributed by atoms with Crippen LogP contribution in [0.4, 0.5) is 0 Å². The van der Waals surface area contributed by atoms with E-state index in [0.717, 1.165) is 0 Å². The zero-order valence-corrected chi connectivity index (χ0v) is 14.8. The van der Waals surface area contributed by atoms with Crippen molar-refractivity contribution in [1.82, 2.24) is 0 Å². The Hall–Kier alpha value is -0.310. The molecule has 0 atom stereocenters. The molecule has 0 unspecified atom stereocenters. The van der Waals surface area contributed by atoms with Crippen LogP contribution in [0.5, 0.6) is 5.75 Å². The SMILES string of the molecule is CC(C)S(=O)(=O)CCOc1ccc(S(=O)(=O)Cl)cc1Br. The highest BCUT2D eigenvalue weighted by Gasteiger charge is 2.17. The van der Waals surface area contributed by atoms with Crippen LogP contribution in [0.3, 0.4) is 0 Å². The standard InChI is InChI=1S/C11H14BrClO5S2/c1-8(2)19(14,15)6-5-18-11-4-3-9(7-10(11)12)20(13,16)17/h3-4,7-8H,5-6H2,1-2H3. The zero-order valence-electron chi connectivity index (χ0n) is 10.8. The summed E-state index contributed by atoms with van der Waals surface area (Å²) in [6.07, 6.45) is 0. The van der Waals surface area contributed by atoms with Gasteiger partial charge in [0.15, 0.2) is 9.84 Å². The molecular weight excluding hydrogens is 392 g/mol. The van der Waals surface area contributed by atoms with E-state index in [1.165, 1.54) is 18.2 Å². The molecular formula is C11H14BrClO5S2. The van der Waals surface area contributed by atoms with Gasteiger partial charge in [0.1, 0.15) is 12.4 Å². The average molecular weight is 406 g/mol. The first-order valence-electron chi connectivity index (χ1n) is 5.62. The fourth-order valence-corrected chi connectivity index (χ4v) is 3.46. The molecule has 0 aromatic heterocycles. The predicted molar refractivity (Wildman–Crippen MR) is 81.6 cm³/mol. The van der Waals surface area contributed by atoms with Crippen LogP contribution in [0.25, 0.3) is 0 Å². The maximum absolute atomic E-state index is 11.6. The van der Waals surface area contributed by atoms with Gasteiger partial charge in [-0.05, 0) is 48.0 Å². The van der Waals surface area contributed by atoms with Crippen molar-refractivity contribution in [3.8, 4) is 5.75 Å². The van der Waals surface area contributed by atoms with Gasteiger partial charge in [-0.25, -0.2) is 16.8 Å². The maximum Gasteiger partial charge on any atom is 0.261 e. The number of halogens is 2. The molecule has 0 N–H and O–H groups in total. The van der Waals surface area contributed by atoms with E-state index in [1.54, 1.807) is 13.8 Å². The van der Waals surface area contributed by atoms with Gasteiger partial charge in [-0.2, -0.15) is 0 Å². The van der Waals surface area contributed by atoms with Gasteiger partial charge in [-0.1, -0.05) is 0 Å². The molecule has 1 aromatic carbocycles. The first kappa shape index (κ1) is 17.7. The molecule has 5 nitrogen and oxygen atoms in total. The van der Waals surface area contributed by atoms with E-state index < -0.39 is 24.1 Å². The van der Waals surface area contributed by atoms with Crippen LogP contribution in [0.15, 0.2) is 27.6 Å². The van der Waals surface area contributed by atoms with Crippen molar-refractivity contribution >= 4 is 45.5 Å². The van der Waals surface area contributed by atoms with Crippen molar-refractivity contribution < 1.29 is 21.6 Å². The highest BCUT2D eigenvalue weighted by atomic mass is 79.9. The topological polar surface area (TPSA) is 77.5 Å². The van der Waals surface area contributed by atoms with Crippen LogP contribution in [0, 0.1) is 0 Å². The monoisotopic (exact) mass is 404 g/mol. The molecule has 1 aromatic rings. The van der Waals surface area contributed by atoms with Crippen LogP contribution < -0.4 is 4.74 Å². The van der Waals surface area contributed by atoms with Gasteiger partial charge in [0.05, 0.1) is 20.4 Å². The molecule has 1 rings (SSSR count). The van der Waals surface area contributed by atoms with Crippen molar-refractivity contribution in [2.45, 2.75) is 24.0 Å². The second kappa shape index (κ2) is 6.64. The molecule has 0 amide bonds. The molecule has 0 spiro atoms. The van der Waals surface area contributed by atoms with E-state index in [-0.39, 0.29) is 17.3 Å². The third-order valence-electron chi connectivity index (χ3n) is 2.53. The molecule has 0 radical (unpaired) electrons. The maximum atomic E-state index is 11.6. The Balaban J connectivity index is 2.76.